The van der Waals surface area contributed by atoms with Crippen LogP contribution < -0.4 is 21.7 Å². The molecular weight excluding hydrogens is 380 g/mol. The zero-order valence-corrected chi connectivity index (χ0v) is 18.1. The van der Waals surface area contributed by atoms with E-state index in [0.717, 1.165) is 0 Å². The summed E-state index contributed by atoms with van der Waals surface area (Å²) in [5.74, 6) is -3.61. The van der Waals surface area contributed by atoms with Crippen LogP contribution in [0.5, 0.6) is 0 Å². The Morgan fingerprint density at radius 1 is 0.793 bits per heavy atom. The van der Waals surface area contributed by atoms with Gasteiger partial charge in [-0.25, -0.2) is 4.79 Å². The van der Waals surface area contributed by atoms with Gasteiger partial charge in [-0.15, -0.1) is 0 Å². The van der Waals surface area contributed by atoms with Crippen LogP contribution in [0.4, 0.5) is 0 Å². The van der Waals surface area contributed by atoms with E-state index in [2.05, 4.69) is 16.0 Å². The smallest absolute Gasteiger partial charge is 0.326 e. The van der Waals surface area contributed by atoms with Gasteiger partial charge < -0.3 is 31.9 Å². The maximum absolute atomic E-state index is 12.6. The van der Waals surface area contributed by atoms with Gasteiger partial charge in [0, 0.05) is 0 Å². The minimum atomic E-state index is -1.35. The van der Waals surface area contributed by atoms with Crippen LogP contribution in [0.2, 0.25) is 0 Å². The lowest BCUT2D eigenvalue weighted by Gasteiger charge is -2.27. The molecule has 0 bridgehead atoms. The highest BCUT2D eigenvalue weighted by Crippen LogP contribution is 2.07. The second kappa shape index (κ2) is 12.4. The van der Waals surface area contributed by atoms with E-state index in [1.165, 1.54) is 0 Å². The highest BCUT2D eigenvalue weighted by Gasteiger charge is 2.31. The van der Waals surface area contributed by atoms with Crippen molar-refractivity contribution in [1.29, 1.82) is 0 Å². The van der Waals surface area contributed by atoms with E-state index in [0.29, 0.717) is 0 Å². The molecule has 29 heavy (non-hydrogen) atoms. The number of carbonyl (C=O) groups is 4. The number of carboxylic acids is 1. The van der Waals surface area contributed by atoms with Crippen LogP contribution >= 0.6 is 0 Å². The van der Waals surface area contributed by atoms with Gasteiger partial charge in [0.2, 0.25) is 17.7 Å². The van der Waals surface area contributed by atoms with E-state index >= 15 is 0 Å². The fourth-order valence-corrected chi connectivity index (χ4v) is 2.51. The van der Waals surface area contributed by atoms with E-state index in [1.54, 1.807) is 27.7 Å². The molecule has 10 heteroatoms. The van der Waals surface area contributed by atoms with Crippen molar-refractivity contribution >= 4 is 23.7 Å². The quantitative estimate of drug-likeness (QED) is 0.242. The first-order valence-electron chi connectivity index (χ1n) is 9.82. The van der Waals surface area contributed by atoms with Crippen molar-refractivity contribution in [2.45, 2.75) is 72.1 Å². The van der Waals surface area contributed by atoms with Crippen LogP contribution in [0, 0.1) is 17.8 Å². The standard InChI is InChI=1S/C19H36N4O6/c1-9(2)7-12(19(28)29)21-16(25)13(8-24)22-18(27)15(11(5)6)23-17(26)14(20)10(3)4/h9-15,24H,7-8,20H2,1-6H3,(H,21,25)(H,22,27)(H,23,26)(H,28,29). The molecule has 0 saturated heterocycles. The summed E-state index contributed by atoms with van der Waals surface area (Å²) in [6.45, 7) is 9.87. The van der Waals surface area contributed by atoms with Crippen molar-refractivity contribution in [1.82, 2.24) is 16.0 Å². The third kappa shape index (κ3) is 9.23. The van der Waals surface area contributed by atoms with Crippen LogP contribution in [-0.2, 0) is 19.2 Å². The molecule has 10 nitrogen and oxygen atoms in total. The number of aliphatic hydroxyl groups excluding tert-OH is 1. The average Bonchev–Trinajstić information content (AvgIpc) is 2.61. The second-order valence-electron chi connectivity index (χ2n) is 8.27. The van der Waals surface area contributed by atoms with E-state index in [-0.39, 0.29) is 24.2 Å². The molecule has 0 spiro atoms. The second-order valence-corrected chi connectivity index (χ2v) is 8.27. The summed E-state index contributed by atoms with van der Waals surface area (Å²) >= 11 is 0. The fourth-order valence-electron chi connectivity index (χ4n) is 2.51. The van der Waals surface area contributed by atoms with E-state index in [9.17, 15) is 29.4 Å². The van der Waals surface area contributed by atoms with Gasteiger partial charge in [-0.1, -0.05) is 41.5 Å². The van der Waals surface area contributed by atoms with Gasteiger partial charge in [0.1, 0.15) is 18.1 Å². The number of rotatable bonds is 12. The Hall–Kier alpha value is -2.20. The Balaban J connectivity index is 5.17. The van der Waals surface area contributed by atoms with Crippen LogP contribution in [0.25, 0.3) is 0 Å². The predicted molar refractivity (Wildman–Crippen MR) is 108 cm³/mol. The van der Waals surface area contributed by atoms with Crippen molar-refractivity contribution in [3.8, 4) is 0 Å². The Morgan fingerprint density at radius 2 is 1.31 bits per heavy atom. The van der Waals surface area contributed by atoms with E-state index in [4.69, 9.17) is 5.73 Å². The summed E-state index contributed by atoms with van der Waals surface area (Å²) in [6, 6.07) is -4.26. The summed E-state index contributed by atoms with van der Waals surface area (Å²) in [5, 5.41) is 26.0. The number of aliphatic hydroxyl groups is 1. The van der Waals surface area contributed by atoms with E-state index in [1.807, 2.05) is 13.8 Å². The number of nitrogens with two attached hydrogens (primary N) is 1. The van der Waals surface area contributed by atoms with Crippen LogP contribution in [-0.4, -0.2) is 64.7 Å². The molecule has 0 saturated carbocycles. The first kappa shape index (κ1) is 26.8. The van der Waals surface area contributed by atoms with Gasteiger partial charge in [-0.3, -0.25) is 14.4 Å². The zero-order valence-electron chi connectivity index (χ0n) is 18.1. The van der Waals surface area contributed by atoms with Gasteiger partial charge in [-0.2, -0.15) is 0 Å². The molecular formula is C19H36N4O6. The largest absolute Gasteiger partial charge is 0.480 e. The molecule has 0 aromatic heterocycles. The molecule has 168 valence electrons. The highest BCUT2D eigenvalue weighted by atomic mass is 16.4. The molecule has 7 N–H and O–H groups in total. The van der Waals surface area contributed by atoms with E-state index < -0.39 is 54.5 Å². The number of carboxylic acid groups (broad SMARTS) is 1. The number of nitrogens with one attached hydrogen (secondary N) is 3. The van der Waals surface area contributed by atoms with Crippen molar-refractivity contribution in [3.63, 3.8) is 0 Å². The normalized spacial score (nSPS) is 15.6. The number of hydrogen-bond acceptors (Lipinski definition) is 6. The molecule has 0 aliphatic carbocycles. The first-order chi connectivity index (χ1) is 13.3. The number of amides is 3. The number of aliphatic carboxylic acids is 1. The lowest BCUT2D eigenvalue weighted by Crippen LogP contribution is -2.59. The van der Waals surface area contributed by atoms with Crippen molar-refractivity contribution in [3.05, 3.63) is 0 Å². The molecule has 0 heterocycles. The summed E-state index contributed by atoms with van der Waals surface area (Å²) in [5.41, 5.74) is 5.80. The van der Waals surface area contributed by atoms with Crippen LogP contribution in [0.15, 0.2) is 0 Å². The fraction of sp³-hybridized carbons (Fsp3) is 0.789. The third-order valence-corrected chi connectivity index (χ3v) is 4.41. The summed E-state index contributed by atoms with van der Waals surface area (Å²) < 4.78 is 0. The van der Waals surface area contributed by atoms with Crippen molar-refractivity contribution in [2.24, 2.45) is 23.5 Å². The Kier molecular flexibility index (Phi) is 11.4. The summed E-state index contributed by atoms with van der Waals surface area (Å²) in [7, 11) is 0. The lowest BCUT2D eigenvalue weighted by atomic mass is 10.00. The predicted octanol–water partition coefficient (Wildman–Crippen LogP) is -0.797. The van der Waals surface area contributed by atoms with Gasteiger partial charge in [0.05, 0.1) is 12.6 Å². The molecule has 0 aliphatic heterocycles. The molecule has 0 fully saturated rings. The van der Waals surface area contributed by atoms with Gasteiger partial charge in [0.15, 0.2) is 0 Å². The van der Waals surface area contributed by atoms with Crippen LogP contribution in [0.3, 0.4) is 0 Å². The molecule has 0 aromatic carbocycles. The molecule has 0 aromatic rings. The third-order valence-electron chi connectivity index (χ3n) is 4.41. The molecule has 0 rings (SSSR count). The maximum Gasteiger partial charge on any atom is 0.326 e. The lowest BCUT2D eigenvalue weighted by molar-refractivity contribution is -0.143. The number of carbonyl (C=O) groups excluding carboxylic acids is 3. The van der Waals surface area contributed by atoms with Gasteiger partial charge >= 0.3 is 5.97 Å². The molecule has 0 radical (unpaired) electrons. The Labute approximate surface area is 172 Å². The summed E-state index contributed by atoms with van der Waals surface area (Å²) in [6.07, 6.45) is 0.199. The Bertz CT molecular complexity index is 579. The Morgan fingerprint density at radius 3 is 1.69 bits per heavy atom. The monoisotopic (exact) mass is 416 g/mol. The van der Waals surface area contributed by atoms with Crippen molar-refractivity contribution in [2.75, 3.05) is 6.61 Å². The molecule has 3 amide bonds. The highest BCUT2D eigenvalue weighted by molar-refractivity contribution is 5.94. The molecule has 4 unspecified atom stereocenters. The SMILES string of the molecule is CC(C)CC(NC(=O)C(CO)NC(=O)C(NC(=O)C(N)C(C)C)C(C)C)C(=O)O. The minimum absolute atomic E-state index is 0.0178. The maximum atomic E-state index is 12.6. The zero-order chi connectivity index (χ0) is 22.9. The molecule has 4 atom stereocenters. The van der Waals surface area contributed by atoms with Gasteiger partial charge in [-0.05, 0) is 24.2 Å². The topological polar surface area (TPSA) is 171 Å². The van der Waals surface area contributed by atoms with Gasteiger partial charge in [0.25, 0.3) is 0 Å². The molecule has 0 aliphatic rings. The average molecular weight is 417 g/mol. The minimum Gasteiger partial charge on any atom is -0.480 e. The van der Waals surface area contributed by atoms with Crippen molar-refractivity contribution < 1.29 is 29.4 Å². The summed E-state index contributed by atoms with van der Waals surface area (Å²) in [4.78, 5) is 48.5. The van der Waals surface area contributed by atoms with Crippen LogP contribution in [0.1, 0.15) is 48.0 Å². The number of hydrogen-bond donors (Lipinski definition) is 6. The first-order valence-corrected chi connectivity index (χ1v) is 9.82.